The maximum absolute atomic E-state index is 5.66. The number of furan rings is 1. The molecule has 3 N–H and O–H groups in total. The quantitative estimate of drug-likeness (QED) is 0.387. The van der Waals surface area contributed by atoms with E-state index in [9.17, 15) is 0 Å². The van der Waals surface area contributed by atoms with E-state index in [1.807, 2.05) is 42.5 Å². The minimum absolute atomic E-state index is 0.485. The van der Waals surface area contributed by atoms with Gasteiger partial charge in [-0.25, -0.2) is 10.8 Å². The van der Waals surface area contributed by atoms with Gasteiger partial charge < -0.3 is 9.32 Å². The third-order valence-electron chi connectivity index (χ3n) is 3.29. The van der Waals surface area contributed by atoms with Crippen LogP contribution in [0.3, 0.4) is 0 Å². The van der Waals surface area contributed by atoms with Gasteiger partial charge in [0.25, 0.3) is 0 Å². The zero-order valence-corrected chi connectivity index (χ0v) is 11.2. The van der Waals surface area contributed by atoms with Gasteiger partial charge in [-0.05, 0) is 37.1 Å². The van der Waals surface area contributed by atoms with Gasteiger partial charge in [0.2, 0.25) is 5.96 Å². The average Bonchev–Trinajstić information content (AvgIpc) is 3.20. The number of nitrogens with two attached hydrogens (primary N) is 1. The summed E-state index contributed by atoms with van der Waals surface area (Å²) in [7, 11) is 0. The minimum atomic E-state index is 0.485. The summed E-state index contributed by atoms with van der Waals surface area (Å²) in [5, 5.41) is 0. The lowest BCUT2D eigenvalue weighted by Crippen LogP contribution is -2.45. The highest BCUT2D eigenvalue weighted by atomic mass is 16.3. The fraction of sp³-hybridized carbons (Fsp3) is 0.267. The van der Waals surface area contributed by atoms with Crippen molar-refractivity contribution in [2.45, 2.75) is 25.4 Å². The largest absolute Gasteiger partial charge is 0.467 e. The fourth-order valence-corrected chi connectivity index (χ4v) is 2.14. The van der Waals surface area contributed by atoms with Gasteiger partial charge in [0.15, 0.2) is 0 Å². The third-order valence-corrected chi connectivity index (χ3v) is 3.29. The molecule has 1 aliphatic rings. The molecule has 1 saturated carbocycles. The summed E-state index contributed by atoms with van der Waals surface area (Å²) >= 11 is 0. The Labute approximate surface area is 118 Å². The van der Waals surface area contributed by atoms with Crippen LogP contribution in [0.15, 0.2) is 58.1 Å². The van der Waals surface area contributed by atoms with Crippen molar-refractivity contribution >= 4 is 11.6 Å². The second-order valence-electron chi connectivity index (χ2n) is 4.85. The van der Waals surface area contributed by atoms with Crippen LogP contribution in [-0.4, -0.2) is 16.9 Å². The van der Waals surface area contributed by atoms with Crippen LogP contribution in [0.1, 0.15) is 18.6 Å². The maximum atomic E-state index is 5.66. The Balaban J connectivity index is 1.82. The molecule has 1 aliphatic carbocycles. The summed E-state index contributed by atoms with van der Waals surface area (Å²) in [6, 6.07) is 14.1. The number of aliphatic imine (C=N–C) groups is 1. The molecule has 0 unspecified atom stereocenters. The molecule has 0 radical (unpaired) electrons. The predicted molar refractivity (Wildman–Crippen MR) is 78.1 cm³/mol. The fourth-order valence-electron chi connectivity index (χ4n) is 2.14. The van der Waals surface area contributed by atoms with Crippen molar-refractivity contribution in [1.82, 2.24) is 10.3 Å². The van der Waals surface area contributed by atoms with E-state index in [0.29, 0.717) is 18.5 Å². The summed E-state index contributed by atoms with van der Waals surface area (Å²) in [4.78, 5) is 6.74. The number of rotatable bonds is 4. The lowest BCUT2D eigenvalue weighted by molar-refractivity contribution is 0.344. The van der Waals surface area contributed by atoms with Crippen molar-refractivity contribution in [2.24, 2.45) is 10.8 Å². The molecule has 20 heavy (non-hydrogen) atoms. The first-order valence-corrected chi connectivity index (χ1v) is 6.76. The van der Waals surface area contributed by atoms with Crippen molar-refractivity contribution in [3.8, 4) is 0 Å². The van der Waals surface area contributed by atoms with Crippen LogP contribution in [0.25, 0.3) is 0 Å². The van der Waals surface area contributed by atoms with Crippen LogP contribution in [-0.2, 0) is 6.54 Å². The van der Waals surface area contributed by atoms with Gasteiger partial charge in [0.1, 0.15) is 5.76 Å². The normalized spacial score (nSPS) is 15.2. The summed E-state index contributed by atoms with van der Waals surface area (Å²) in [6.45, 7) is 0.674. The molecule has 1 fully saturated rings. The summed E-state index contributed by atoms with van der Waals surface area (Å²) in [5.74, 6) is 7.25. The van der Waals surface area contributed by atoms with Crippen molar-refractivity contribution in [3.05, 3.63) is 54.5 Å². The monoisotopic (exact) mass is 270 g/mol. The molecule has 2 aromatic rings. The molecule has 1 aromatic carbocycles. The molecule has 0 amide bonds. The number of guanidine groups is 1. The molecule has 1 heterocycles. The van der Waals surface area contributed by atoms with Gasteiger partial charge in [0, 0.05) is 6.04 Å². The zero-order chi connectivity index (χ0) is 13.8. The molecule has 0 saturated heterocycles. The van der Waals surface area contributed by atoms with Gasteiger partial charge >= 0.3 is 0 Å². The topological polar surface area (TPSA) is 66.8 Å². The molecule has 0 bridgehead atoms. The third kappa shape index (κ3) is 3.00. The molecule has 1 aromatic heterocycles. The summed E-state index contributed by atoms with van der Waals surface area (Å²) < 4.78 is 5.42. The molecular formula is C15H18N4O. The van der Waals surface area contributed by atoms with Gasteiger partial charge in [-0.2, -0.15) is 0 Å². The first kappa shape index (κ1) is 12.7. The van der Waals surface area contributed by atoms with E-state index in [0.717, 1.165) is 24.3 Å². The molecule has 104 valence electrons. The smallest absolute Gasteiger partial charge is 0.214 e. The van der Waals surface area contributed by atoms with Crippen molar-refractivity contribution in [2.75, 3.05) is 0 Å². The lowest BCUT2D eigenvalue weighted by Gasteiger charge is -2.24. The molecule has 3 rings (SSSR count). The van der Waals surface area contributed by atoms with E-state index in [-0.39, 0.29) is 0 Å². The van der Waals surface area contributed by atoms with Gasteiger partial charge in [-0.1, -0.05) is 18.2 Å². The Morgan fingerprint density at radius 1 is 1.25 bits per heavy atom. The molecule has 5 heteroatoms. The highest BCUT2D eigenvalue weighted by molar-refractivity contribution is 5.82. The highest BCUT2D eigenvalue weighted by Crippen LogP contribution is 2.29. The number of nitrogens with one attached hydrogen (secondary N) is 1. The zero-order valence-electron chi connectivity index (χ0n) is 11.2. The van der Waals surface area contributed by atoms with Crippen molar-refractivity contribution in [3.63, 3.8) is 0 Å². The first-order chi connectivity index (χ1) is 9.86. The van der Waals surface area contributed by atoms with Crippen LogP contribution in [0, 0.1) is 0 Å². The maximum Gasteiger partial charge on any atom is 0.214 e. The average molecular weight is 270 g/mol. The van der Waals surface area contributed by atoms with E-state index >= 15 is 0 Å². The summed E-state index contributed by atoms with van der Waals surface area (Å²) in [5.41, 5.74) is 3.60. The van der Waals surface area contributed by atoms with Gasteiger partial charge in [-0.3, -0.25) is 5.43 Å². The Kier molecular flexibility index (Phi) is 3.69. The van der Waals surface area contributed by atoms with Crippen LogP contribution in [0.4, 0.5) is 5.69 Å². The van der Waals surface area contributed by atoms with E-state index in [1.54, 1.807) is 6.26 Å². The van der Waals surface area contributed by atoms with Crippen molar-refractivity contribution in [1.29, 1.82) is 0 Å². The van der Waals surface area contributed by atoms with E-state index in [1.165, 1.54) is 0 Å². The number of hydrogen-bond acceptors (Lipinski definition) is 3. The van der Waals surface area contributed by atoms with E-state index in [4.69, 9.17) is 10.3 Å². The van der Waals surface area contributed by atoms with Crippen LogP contribution in [0.5, 0.6) is 0 Å². The summed E-state index contributed by atoms with van der Waals surface area (Å²) in [6.07, 6.45) is 4.01. The van der Waals surface area contributed by atoms with Crippen LogP contribution >= 0.6 is 0 Å². The van der Waals surface area contributed by atoms with Crippen molar-refractivity contribution < 1.29 is 4.42 Å². The van der Waals surface area contributed by atoms with Crippen LogP contribution in [0.2, 0.25) is 0 Å². The number of nitrogens with zero attached hydrogens (tertiary/aromatic N) is 2. The SMILES string of the molecule is NNC(=Nc1ccccc1)N(Cc1ccco1)C1CC1. The predicted octanol–water partition coefficient (Wildman–Crippen LogP) is 2.40. The van der Waals surface area contributed by atoms with Gasteiger partial charge in [0.05, 0.1) is 18.5 Å². The number of hydrogen-bond donors (Lipinski definition) is 2. The van der Waals surface area contributed by atoms with E-state index < -0.39 is 0 Å². The highest BCUT2D eigenvalue weighted by Gasteiger charge is 2.31. The Morgan fingerprint density at radius 2 is 2.05 bits per heavy atom. The molecule has 0 aliphatic heterocycles. The molecular weight excluding hydrogens is 252 g/mol. The lowest BCUT2D eigenvalue weighted by atomic mass is 10.3. The molecule has 5 nitrogen and oxygen atoms in total. The number of benzene rings is 1. The second-order valence-corrected chi connectivity index (χ2v) is 4.85. The van der Waals surface area contributed by atoms with Crippen LogP contribution < -0.4 is 11.3 Å². The Morgan fingerprint density at radius 3 is 2.65 bits per heavy atom. The van der Waals surface area contributed by atoms with Gasteiger partial charge in [-0.15, -0.1) is 0 Å². The molecule has 0 spiro atoms. The Bertz CT molecular complexity index is 561. The minimum Gasteiger partial charge on any atom is -0.467 e. The Hall–Kier alpha value is -2.27. The number of hydrazine groups is 1. The number of para-hydroxylation sites is 1. The molecule has 0 atom stereocenters. The van der Waals surface area contributed by atoms with E-state index in [2.05, 4.69) is 15.3 Å². The first-order valence-electron chi connectivity index (χ1n) is 6.76. The second kappa shape index (κ2) is 5.79. The standard InChI is InChI=1S/C15H18N4O/c16-18-15(17-12-5-2-1-3-6-12)19(13-8-9-13)11-14-7-4-10-20-14/h1-7,10,13H,8-9,11,16H2,(H,17,18).